The van der Waals surface area contributed by atoms with Crippen molar-refractivity contribution in [2.24, 2.45) is 5.73 Å². The largest absolute Gasteiger partial charge is 0.377 e. The summed E-state index contributed by atoms with van der Waals surface area (Å²) in [7, 11) is 1.55. The molecule has 1 heterocycles. The van der Waals surface area contributed by atoms with E-state index >= 15 is 0 Å². The Bertz CT molecular complexity index is 391. The van der Waals surface area contributed by atoms with E-state index in [-0.39, 0.29) is 29.5 Å². The molecular formula is C12H22ClN3O3. The van der Waals surface area contributed by atoms with Crippen molar-refractivity contribution in [2.45, 2.75) is 38.8 Å². The number of nitrogens with zero attached hydrogens (tertiary/aromatic N) is 1. The van der Waals surface area contributed by atoms with E-state index in [1.165, 1.54) is 0 Å². The maximum atomic E-state index is 11.8. The van der Waals surface area contributed by atoms with Gasteiger partial charge in [-0.05, 0) is 12.8 Å². The number of amides is 1. The summed E-state index contributed by atoms with van der Waals surface area (Å²) >= 11 is 0. The third-order valence-electron chi connectivity index (χ3n) is 3.09. The Morgan fingerprint density at radius 2 is 2.16 bits per heavy atom. The molecule has 0 spiro atoms. The number of nitrogens with one attached hydrogen (secondary N) is 1. The molecule has 0 saturated carbocycles. The minimum Gasteiger partial charge on any atom is -0.377 e. The molecule has 1 rings (SSSR count). The maximum Gasteiger partial charge on any atom is 0.273 e. The standard InChI is InChI=1S/C12H21N3O3.ClH/c1-4-12(13,5-2)8-14-11(16)10-6-9(7-17-3)18-15-10;/h6H,4-5,7-8,13H2,1-3H3,(H,14,16);1H. The van der Waals surface area contributed by atoms with Crippen molar-refractivity contribution in [3.05, 3.63) is 17.5 Å². The molecule has 0 saturated heterocycles. The van der Waals surface area contributed by atoms with Crippen LogP contribution < -0.4 is 11.1 Å². The minimum atomic E-state index is -0.366. The zero-order chi connectivity index (χ0) is 13.6. The monoisotopic (exact) mass is 291 g/mol. The molecule has 19 heavy (non-hydrogen) atoms. The van der Waals surface area contributed by atoms with Crippen LogP contribution in [-0.2, 0) is 11.3 Å². The van der Waals surface area contributed by atoms with Crippen LogP contribution in [0.5, 0.6) is 0 Å². The predicted octanol–water partition coefficient (Wildman–Crippen LogP) is 1.49. The first-order valence-corrected chi connectivity index (χ1v) is 6.06. The maximum absolute atomic E-state index is 11.8. The van der Waals surface area contributed by atoms with E-state index in [4.69, 9.17) is 15.0 Å². The second-order valence-corrected chi connectivity index (χ2v) is 4.36. The van der Waals surface area contributed by atoms with Crippen LogP contribution in [0, 0.1) is 0 Å². The van der Waals surface area contributed by atoms with Gasteiger partial charge in [-0.1, -0.05) is 19.0 Å². The van der Waals surface area contributed by atoms with Gasteiger partial charge in [0.05, 0.1) is 0 Å². The fourth-order valence-electron chi connectivity index (χ4n) is 1.48. The first-order valence-electron chi connectivity index (χ1n) is 6.06. The fourth-order valence-corrected chi connectivity index (χ4v) is 1.48. The lowest BCUT2D eigenvalue weighted by Crippen LogP contribution is -2.49. The molecule has 6 nitrogen and oxygen atoms in total. The second kappa shape index (κ2) is 8.14. The molecule has 0 radical (unpaired) electrons. The van der Waals surface area contributed by atoms with Gasteiger partial charge in [0.15, 0.2) is 11.5 Å². The van der Waals surface area contributed by atoms with Crippen molar-refractivity contribution in [1.82, 2.24) is 10.5 Å². The van der Waals surface area contributed by atoms with Crippen molar-refractivity contribution < 1.29 is 14.1 Å². The van der Waals surface area contributed by atoms with Gasteiger partial charge >= 0.3 is 0 Å². The number of aromatic nitrogens is 1. The van der Waals surface area contributed by atoms with Gasteiger partial charge in [0.2, 0.25) is 0 Å². The zero-order valence-electron chi connectivity index (χ0n) is 11.6. The van der Waals surface area contributed by atoms with Gasteiger partial charge in [0.1, 0.15) is 6.61 Å². The van der Waals surface area contributed by atoms with Crippen LogP contribution in [0.3, 0.4) is 0 Å². The lowest BCUT2D eigenvalue weighted by atomic mass is 9.94. The Balaban J connectivity index is 0.00000324. The smallest absolute Gasteiger partial charge is 0.273 e. The average Bonchev–Trinajstić information content (AvgIpc) is 2.85. The summed E-state index contributed by atoms with van der Waals surface area (Å²) in [5.41, 5.74) is 5.98. The van der Waals surface area contributed by atoms with E-state index in [1.54, 1.807) is 13.2 Å². The molecule has 0 bridgehead atoms. The highest BCUT2D eigenvalue weighted by Crippen LogP contribution is 2.10. The fraction of sp³-hybridized carbons (Fsp3) is 0.667. The number of hydrogen-bond acceptors (Lipinski definition) is 5. The lowest BCUT2D eigenvalue weighted by Gasteiger charge is -2.26. The van der Waals surface area contributed by atoms with Crippen molar-refractivity contribution in [2.75, 3.05) is 13.7 Å². The third-order valence-corrected chi connectivity index (χ3v) is 3.09. The Labute approximate surface area is 119 Å². The molecule has 0 fully saturated rings. The van der Waals surface area contributed by atoms with E-state index in [1.807, 2.05) is 13.8 Å². The number of rotatable bonds is 7. The average molecular weight is 292 g/mol. The molecule has 1 aromatic rings. The predicted molar refractivity (Wildman–Crippen MR) is 74.3 cm³/mol. The molecule has 1 aromatic heterocycles. The van der Waals surface area contributed by atoms with E-state index < -0.39 is 0 Å². The highest BCUT2D eigenvalue weighted by molar-refractivity contribution is 5.92. The molecule has 3 N–H and O–H groups in total. The summed E-state index contributed by atoms with van der Waals surface area (Å²) in [5.74, 6) is 0.241. The molecule has 0 aliphatic rings. The Kier molecular flexibility index (Phi) is 7.66. The summed E-state index contributed by atoms with van der Waals surface area (Å²) in [6.45, 7) is 4.72. The number of carbonyl (C=O) groups is 1. The van der Waals surface area contributed by atoms with Crippen molar-refractivity contribution >= 4 is 18.3 Å². The van der Waals surface area contributed by atoms with Gasteiger partial charge in [0, 0.05) is 25.3 Å². The van der Waals surface area contributed by atoms with Crippen LogP contribution in [0.25, 0.3) is 0 Å². The first kappa shape index (κ1) is 17.9. The number of halogens is 1. The Morgan fingerprint density at radius 3 is 2.68 bits per heavy atom. The molecule has 7 heteroatoms. The van der Waals surface area contributed by atoms with Crippen LogP contribution in [0.1, 0.15) is 42.9 Å². The molecule has 1 amide bonds. The number of methoxy groups -OCH3 is 1. The zero-order valence-corrected chi connectivity index (χ0v) is 12.4. The molecule has 110 valence electrons. The molecule has 0 aliphatic heterocycles. The van der Waals surface area contributed by atoms with E-state index in [0.29, 0.717) is 18.9 Å². The quantitative estimate of drug-likeness (QED) is 0.794. The van der Waals surface area contributed by atoms with Gasteiger partial charge < -0.3 is 20.3 Å². The van der Waals surface area contributed by atoms with E-state index in [2.05, 4.69) is 10.5 Å². The molecule has 0 unspecified atom stereocenters. The summed E-state index contributed by atoms with van der Waals surface area (Å²) < 4.78 is 9.83. The molecular weight excluding hydrogens is 270 g/mol. The summed E-state index contributed by atoms with van der Waals surface area (Å²) in [5, 5.41) is 6.45. The Hall–Kier alpha value is -1.11. The minimum absolute atomic E-state index is 0. The van der Waals surface area contributed by atoms with Crippen molar-refractivity contribution in [3.8, 4) is 0 Å². The van der Waals surface area contributed by atoms with Gasteiger partial charge in [-0.2, -0.15) is 0 Å². The lowest BCUT2D eigenvalue weighted by molar-refractivity contribution is 0.0932. The third kappa shape index (κ3) is 5.18. The van der Waals surface area contributed by atoms with Crippen LogP contribution in [0.2, 0.25) is 0 Å². The summed E-state index contributed by atoms with van der Waals surface area (Å²) in [4.78, 5) is 11.8. The van der Waals surface area contributed by atoms with E-state index in [0.717, 1.165) is 12.8 Å². The number of hydrogen-bond donors (Lipinski definition) is 2. The number of nitrogens with two attached hydrogens (primary N) is 1. The van der Waals surface area contributed by atoms with Crippen LogP contribution >= 0.6 is 12.4 Å². The summed E-state index contributed by atoms with van der Waals surface area (Å²) in [6.07, 6.45) is 1.61. The normalized spacial score (nSPS) is 10.9. The van der Waals surface area contributed by atoms with E-state index in [9.17, 15) is 4.79 Å². The summed E-state index contributed by atoms with van der Waals surface area (Å²) in [6, 6.07) is 1.56. The molecule has 0 atom stereocenters. The van der Waals surface area contributed by atoms with Crippen LogP contribution in [0.4, 0.5) is 0 Å². The molecule has 0 aromatic carbocycles. The topological polar surface area (TPSA) is 90.4 Å². The highest BCUT2D eigenvalue weighted by Gasteiger charge is 2.22. The second-order valence-electron chi connectivity index (χ2n) is 4.36. The SMILES string of the molecule is CCC(N)(CC)CNC(=O)c1cc(COC)on1.Cl. The first-order chi connectivity index (χ1) is 8.54. The molecule has 0 aliphatic carbocycles. The van der Waals surface area contributed by atoms with Gasteiger partial charge in [-0.25, -0.2) is 0 Å². The van der Waals surface area contributed by atoms with Gasteiger partial charge in [0.25, 0.3) is 5.91 Å². The van der Waals surface area contributed by atoms with Gasteiger partial charge in [-0.15, -0.1) is 12.4 Å². The van der Waals surface area contributed by atoms with Crippen LogP contribution in [0.15, 0.2) is 10.6 Å². The van der Waals surface area contributed by atoms with Crippen molar-refractivity contribution in [1.29, 1.82) is 0 Å². The van der Waals surface area contributed by atoms with Crippen LogP contribution in [-0.4, -0.2) is 30.3 Å². The highest BCUT2D eigenvalue weighted by atomic mass is 35.5. The Morgan fingerprint density at radius 1 is 1.53 bits per heavy atom. The van der Waals surface area contributed by atoms with Gasteiger partial charge in [-0.3, -0.25) is 4.79 Å². The number of carbonyl (C=O) groups excluding carboxylic acids is 1. The van der Waals surface area contributed by atoms with Crippen molar-refractivity contribution in [3.63, 3.8) is 0 Å². The number of ether oxygens (including phenoxy) is 1.